The first-order valence-electron chi connectivity index (χ1n) is 5.91. The number of ether oxygens (including phenoxy) is 1. The van der Waals surface area contributed by atoms with Crippen LogP contribution < -0.4 is 15.2 Å². The number of nitrogens with one attached hydrogen (secondary N) is 1. The summed E-state index contributed by atoms with van der Waals surface area (Å²) < 4.78 is 28.4. The summed E-state index contributed by atoms with van der Waals surface area (Å²) in [6.45, 7) is 2.03. The Morgan fingerprint density at radius 2 is 2.24 bits per heavy atom. The van der Waals surface area contributed by atoms with Crippen molar-refractivity contribution in [1.29, 1.82) is 0 Å². The lowest BCUT2D eigenvalue weighted by Gasteiger charge is -2.11. The van der Waals surface area contributed by atoms with E-state index < -0.39 is 15.9 Å². The number of rotatable bonds is 5. The van der Waals surface area contributed by atoms with E-state index in [4.69, 9.17) is 9.88 Å². The summed E-state index contributed by atoms with van der Waals surface area (Å²) >= 11 is 1.29. The number of primary sulfonamides is 1. The highest BCUT2D eigenvalue weighted by atomic mass is 32.2. The van der Waals surface area contributed by atoms with Gasteiger partial charge in [0.2, 0.25) is 10.0 Å². The minimum absolute atomic E-state index is 0.145. The predicted molar refractivity (Wildman–Crippen MR) is 79.1 cm³/mol. The Kier molecular flexibility index (Phi) is 4.56. The predicted octanol–water partition coefficient (Wildman–Crippen LogP) is 1.44. The molecule has 0 aliphatic carbocycles. The Balaban J connectivity index is 2.32. The average molecular weight is 327 g/mol. The number of carbonyl (C=O) groups excluding carboxylic acids is 1. The molecule has 0 spiro atoms. The van der Waals surface area contributed by atoms with Gasteiger partial charge in [0.25, 0.3) is 5.91 Å². The van der Waals surface area contributed by atoms with Gasteiger partial charge in [0.15, 0.2) is 0 Å². The van der Waals surface area contributed by atoms with Crippen molar-refractivity contribution < 1.29 is 17.9 Å². The van der Waals surface area contributed by atoms with Crippen molar-refractivity contribution in [1.82, 2.24) is 4.98 Å². The zero-order valence-corrected chi connectivity index (χ0v) is 12.7. The quantitative estimate of drug-likeness (QED) is 0.863. The van der Waals surface area contributed by atoms with Gasteiger partial charge in [0, 0.05) is 11.1 Å². The monoisotopic (exact) mass is 327 g/mol. The van der Waals surface area contributed by atoms with Crippen LogP contribution in [-0.4, -0.2) is 25.9 Å². The van der Waals surface area contributed by atoms with E-state index in [-0.39, 0.29) is 16.3 Å². The molecule has 21 heavy (non-hydrogen) atoms. The number of sulfonamides is 1. The van der Waals surface area contributed by atoms with Crippen molar-refractivity contribution in [2.75, 3.05) is 11.9 Å². The molecule has 2 aromatic rings. The van der Waals surface area contributed by atoms with E-state index in [1.54, 1.807) is 12.3 Å². The molecule has 1 aromatic carbocycles. The molecule has 0 atom stereocenters. The number of thiazole rings is 1. The van der Waals surface area contributed by atoms with Gasteiger partial charge in [-0.05, 0) is 25.1 Å². The molecule has 7 nitrogen and oxygen atoms in total. The van der Waals surface area contributed by atoms with Crippen LogP contribution in [0.25, 0.3) is 0 Å². The van der Waals surface area contributed by atoms with E-state index in [9.17, 15) is 13.2 Å². The van der Waals surface area contributed by atoms with Gasteiger partial charge in [-0.25, -0.2) is 18.5 Å². The number of hydrogen-bond acceptors (Lipinski definition) is 6. The molecule has 0 aliphatic rings. The number of carbonyl (C=O) groups is 1. The van der Waals surface area contributed by atoms with Gasteiger partial charge in [0.05, 0.1) is 12.1 Å². The zero-order chi connectivity index (χ0) is 15.5. The normalized spacial score (nSPS) is 11.1. The molecular formula is C12H13N3O4S2. The average Bonchev–Trinajstić information content (AvgIpc) is 2.93. The number of anilines is 1. The molecule has 0 bridgehead atoms. The Labute approximate surface area is 125 Å². The highest BCUT2D eigenvalue weighted by Crippen LogP contribution is 2.26. The van der Waals surface area contributed by atoms with Gasteiger partial charge in [-0.1, -0.05) is 0 Å². The highest BCUT2D eigenvalue weighted by Gasteiger charge is 2.17. The minimum Gasteiger partial charge on any atom is -0.492 e. The third kappa shape index (κ3) is 3.78. The van der Waals surface area contributed by atoms with Crippen LogP contribution in [0.1, 0.15) is 17.4 Å². The molecule has 1 aromatic heterocycles. The summed E-state index contributed by atoms with van der Waals surface area (Å²) in [5.41, 5.74) is 2.08. The molecule has 0 unspecified atom stereocenters. The second kappa shape index (κ2) is 6.20. The Morgan fingerprint density at radius 3 is 2.81 bits per heavy atom. The van der Waals surface area contributed by atoms with E-state index in [1.165, 1.54) is 35.0 Å². The van der Waals surface area contributed by atoms with Crippen molar-refractivity contribution in [3.8, 4) is 5.75 Å². The lowest BCUT2D eigenvalue weighted by atomic mass is 10.3. The fraction of sp³-hybridized carbons (Fsp3) is 0.167. The van der Waals surface area contributed by atoms with E-state index in [1.807, 2.05) is 0 Å². The number of amides is 1. The van der Waals surface area contributed by atoms with Gasteiger partial charge in [0.1, 0.15) is 16.3 Å². The van der Waals surface area contributed by atoms with E-state index >= 15 is 0 Å². The van der Waals surface area contributed by atoms with Crippen LogP contribution in [-0.2, 0) is 10.0 Å². The maximum Gasteiger partial charge on any atom is 0.275 e. The summed E-state index contributed by atoms with van der Waals surface area (Å²) in [6, 6.07) is 4.23. The summed E-state index contributed by atoms with van der Waals surface area (Å²) in [4.78, 5) is 15.6. The maximum atomic E-state index is 11.9. The number of benzene rings is 1. The van der Waals surface area contributed by atoms with Crippen LogP contribution in [0.5, 0.6) is 5.75 Å². The van der Waals surface area contributed by atoms with Gasteiger partial charge < -0.3 is 10.1 Å². The summed E-state index contributed by atoms with van der Waals surface area (Å²) in [7, 11) is -3.96. The molecular weight excluding hydrogens is 314 g/mol. The Bertz CT molecular complexity index is 742. The Morgan fingerprint density at radius 1 is 1.48 bits per heavy atom. The SMILES string of the molecule is CCOc1ccc(NC(=O)c2cscn2)cc1S(N)(=O)=O. The zero-order valence-electron chi connectivity index (χ0n) is 11.1. The first-order chi connectivity index (χ1) is 9.91. The van der Waals surface area contributed by atoms with Crippen LogP contribution in [0.4, 0.5) is 5.69 Å². The first kappa shape index (κ1) is 15.4. The molecule has 1 amide bonds. The third-order valence-electron chi connectivity index (χ3n) is 2.47. The van der Waals surface area contributed by atoms with Gasteiger partial charge in [-0.15, -0.1) is 11.3 Å². The van der Waals surface area contributed by atoms with Crippen molar-refractivity contribution >= 4 is 33.0 Å². The summed E-state index contributed by atoms with van der Waals surface area (Å²) in [5, 5.41) is 9.29. The topological polar surface area (TPSA) is 111 Å². The molecule has 2 rings (SSSR count). The molecule has 0 fully saturated rings. The molecule has 9 heteroatoms. The minimum atomic E-state index is -3.96. The molecule has 0 radical (unpaired) electrons. The van der Waals surface area contributed by atoms with E-state index in [0.29, 0.717) is 12.3 Å². The molecule has 3 N–H and O–H groups in total. The molecule has 0 aliphatic heterocycles. The fourth-order valence-corrected chi connectivity index (χ4v) is 2.83. The lowest BCUT2D eigenvalue weighted by molar-refractivity contribution is 0.102. The van der Waals surface area contributed by atoms with Gasteiger partial charge in [-0.3, -0.25) is 4.79 Å². The van der Waals surface area contributed by atoms with Crippen molar-refractivity contribution in [3.05, 3.63) is 34.8 Å². The van der Waals surface area contributed by atoms with E-state index in [0.717, 1.165) is 0 Å². The molecule has 1 heterocycles. The lowest BCUT2D eigenvalue weighted by Crippen LogP contribution is -2.16. The highest BCUT2D eigenvalue weighted by molar-refractivity contribution is 7.89. The number of hydrogen-bond donors (Lipinski definition) is 2. The van der Waals surface area contributed by atoms with Crippen molar-refractivity contribution in [3.63, 3.8) is 0 Å². The van der Waals surface area contributed by atoms with Gasteiger partial charge >= 0.3 is 0 Å². The summed E-state index contributed by atoms with van der Waals surface area (Å²) in [5.74, 6) is -0.285. The molecule has 0 saturated carbocycles. The van der Waals surface area contributed by atoms with E-state index in [2.05, 4.69) is 10.3 Å². The van der Waals surface area contributed by atoms with Crippen molar-refractivity contribution in [2.45, 2.75) is 11.8 Å². The second-order valence-electron chi connectivity index (χ2n) is 3.97. The Hall–Kier alpha value is -1.97. The standard InChI is InChI=1S/C12H13N3O4S2/c1-2-19-10-4-3-8(5-11(10)21(13,17)18)15-12(16)9-6-20-7-14-9/h3-7H,2H2,1H3,(H,15,16)(H2,13,17,18). The first-order valence-corrected chi connectivity index (χ1v) is 8.40. The van der Waals surface area contributed by atoms with Crippen LogP contribution in [0.3, 0.4) is 0 Å². The number of nitrogens with two attached hydrogens (primary N) is 1. The largest absolute Gasteiger partial charge is 0.492 e. The van der Waals surface area contributed by atoms with Crippen LogP contribution in [0.15, 0.2) is 34.0 Å². The molecule has 0 saturated heterocycles. The fourth-order valence-electron chi connectivity index (χ4n) is 1.60. The van der Waals surface area contributed by atoms with Crippen LogP contribution in [0.2, 0.25) is 0 Å². The molecule has 112 valence electrons. The maximum absolute atomic E-state index is 11.9. The van der Waals surface area contributed by atoms with Crippen LogP contribution >= 0.6 is 11.3 Å². The smallest absolute Gasteiger partial charge is 0.275 e. The third-order valence-corrected chi connectivity index (χ3v) is 3.99. The van der Waals surface area contributed by atoms with Crippen molar-refractivity contribution in [2.24, 2.45) is 5.14 Å². The van der Waals surface area contributed by atoms with Crippen LogP contribution in [0, 0.1) is 0 Å². The van der Waals surface area contributed by atoms with Gasteiger partial charge in [-0.2, -0.15) is 0 Å². The number of nitrogens with zero attached hydrogens (tertiary/aromatic N) is 1. The number of aromatic nitrogens is 1. The summed E-state index contributed by atoms with van der Waals surface area (Å²) in [6.07, 6.45) is 0. The second-order valence-corrected chi connectivity index (χ2v) is 6.22.